The number of fused-ring (bicyclic) bond motifs is 3. The monoisotopic (exact) mass is 420 g/mol. The topological polar surface area (TPSA) is 54.7 Å². The second kappa shape index (κ2) is 8.81. The van der Waals surface area contributed by atoms with Crippen molar-refractivity contribution in [2.45, 2.75) is 11.4 Å². The van der Waals surface area contributed by atoms with Gasteiger partial charge in [0, 0.05) is 28.3 Å². The lowest BCUT2D eigenvalue weighted by atomic mass is 10.1. The molecule has 6 heteroatoms. The van der Waals surface area contributed by atoms with Crippen molar-refractivity contribution >= 4 is 45.3 Å². The van der Waals surface area contributed by atoms with E-state index < -0.39 is 0 Å². The Balaban J connectivity index is 1.48. The average Bonchev–Trinajstić information content (AvgIpc) is 3.10. The van der Waals surface area contributed by atoms with E-state index in [9.17, 15) is 4.79 Å². The van der Waals surface area contributed by atoms with Crippen molar-refractivity contribution < 1.29 is 13.9 Å². The number of methoxy groups -OCH3 is 1. The van der Waals surface area contributed by atoms with E-state index in [1.165, 1.54) is 10.5 Å². The number of nitrogens with zero attached hydrogens (tertiary/aromatic N) is 1. The van der Waals surface area contributed by atoms with Crippen molar-refractivity contribution in [3.63, 3.8) is 0 Å². The quantitative estimate of drug-likeness (QED) is 0.407. The standard InChI is InChI=1S/C24H24N2O3S/c1-26(14-16-8-10-17(30-3)11-9-16)15-24(27)25-20-13-22-19(12-23(20)28-2)18-6-4-5-7-21(18)29-22/h4-13H,14-15H2,1-3H3,(H,25,27). The van der Waals surface area contributed by atoms with Gasteiger partial charge >= 0.3 is 0 Å². The van der Waals surface area contributed by atoms with Gasteiger partial charge in [0.2, 0.25) is 5.91 Å². The summed E-state index contributed by atoms with van der Waals surface area (Å²) < 4.78 is 11.5. The number of rotatable bonds is 7. The first-order chi connectivity index (χ1) is 14.6. The molecule has 0 atom stereocenters. The molecule has 0 saturated heterocycles. The third-order valence-electron chi connectivity index (χ3n) is 5.00. The van der Waals surface area contributed by atoms with Crippen LogP contribution in [-0.4, -0.2) is 37.8 Å². The number of nitrogens with one attached hydrogen (secondary N) is 1. The van der Waals surface area contributed by atoms with Gasteiger partial charge in [-0.2, -0.15) is 0 Å². The first-order valence-electron chi connectivity index (χ1n) is 9.68. The van der Waals surface area contributed by atoms with E-state index in [4.69, 9.17) is 9.15 Å². The number of furan rings is 1. The lowest BCUT2D eigenvalue weighted by molar-refractivity contribution is -0.117. The fraction of sp³-hybridized carbons (Fsp3) is 0.208. The molecule has 0 aliphatic carbocycles. The Morgan fingerprint density at radius 1 is 1.07 bits per heavy atom. The third-order valence-corrected chi connectivity index (χ3v) is 5.74. The number of benzene rings is 3. The summed E-state index contributed by atoms with van der Waals surface area (Å²) in [7, 11) is 3.53. The van der Waals surface area contributed by atoms with Crippen LogP contribution in [0, 0.1) is 0 Å². The van der Waals surface area contributed by atoms with Gasteiger partial charge < -0.3 is 14.5 Å². The minimum absolute atomic E-state index is 0.105. The predicted molar refractivity (Wildman–Crippen MR) is 123 cm³/mol. The zero-order chi connectivity index (χ0) is 21.1. The van der Waals surface area contributed by atoms with Crippen molar-refractivity contribution in [2.24, 2.45) is 0 Å². The number of likely N-dealkylation sites (N-methyl/N-ethyl adjacent to an activating group) is 1. The van der Waals surface area contributed by atoms with Crippen LogP contribution < -0.4 is 10.1 Å². The van der Waals surface area contributed by atoms with Gasteiger partial charge in [-0.3, -0.25) is 9.69 Å². The van der Waals surface area contributed by atoms with Crippen LogP contribution in [0.2, 0.25) is 0 Å². The number of hydrogen-bond donors (Lipinski definition) is 1. The third kappa shape index (κ3) is 4.30. The molecule has 1 amide bonds. The van der Waals surface area contributed by atoms with Gasteiger partial charge in [-0.05, 0) is 43.1 Å². The highest BCUT2D eigenvalue weighted by Gasteiger charge is 2.15. The van der Waals surface area contributed by atoms with Gasteiger partial charge in [-0.1, -0.05) is 30.3 Å². The van der Waals surface area contributed by atoms with E-state index in [2.05, 4.69) is 35.8 Å². The van der Waals surface area contributed by atoms with E-state index in [-0.39, 0.29) is 12.5 Å². The highest BCUT2D eigenvalue weighted by molar-refractivity contribution is 7.98. The first-order valence-corrected chi connectivity index (χ1v) is 10.9. The molecule has 4 rings (SSSR count). The molecule has 0 saturated carbocycles. The maximum absolute atomic E-state index is 12.6. The summed E-state index contributed by atoms with van der Waals surface area (Å²) in [6.07, 6.45) is 2.06. The molecule has 154 valence electrons. The number of amides is 1. The Labute approximate surface area is 180 Å². The van der Waals surface area contributed by atoms with Gasteiger partial charge in [0.1, 0.15) is 16.9 Å². The average molecular weight is 421 g/mol. The highest BCUT2D eigenvalue weighted by Crippen LogP contribution is 2.36. The van der Waals surface area contributed by atoms with Gasteiger partial charge in [-0.25, -0.2) is 0 Å². The van der Waals surface area contributed by atoms with Crippen LogP contribution in [0.15, 0.2) is 70.0 Å². The van der Waals surface area contributed by atoms with E-state index in [1.54, 1.807) is 18.9 Å². The fourth-order valence-corrected chi connectivity index (χ4v) is 3.96. The molecule has 0 aliphatic rings. The number of carbonyl (C=O) groups excluding carboxylic acids is 1. The first kappa shape index (κ1) is 20.3. The summed E-state index contributed by atoms with van der Waals surface area (Å²) in [6.45, 7) is 0.966. The Bertz CT molecular complexity index is 1180. The highest BCUT2D eigenvalue weighted by atomic mass is 32.2. The van der Waals surface area contributed by atoms with Crippen LogP contribution in [0.3, 0.4) is 0 Å². The second-order valence-corrected chi connectivity index (χ2v) is 8.10. The second-order valence-electron chi connectivity index (χ2n) is 7.22. The molecule has 1 heterocycles. The fourth-order valence-electron chi connectivity index (χ4n) is 3.55. The van der Waals surface area contributed by atoms with Crippen molar-refractivity contribution in [1.29, 1.82) is 0 Å². The number of carbonyl (C=O) groups is 1. The maximum Gasteiger partial charge on any atom is 0.238 e. The Kier molecular flexibility index (Phi) is 5.97. The zero-order valence-electron chi connectivity index (χ0n) is 17.3. The molecule has 0 fully saturated rings. The molecular formula is C24H24N2O3S. The van der Waals surface area contributed by atoms with Crippen LogP contribution >= 0.6 is 11.8 Å². The molecule has 4 aromatic rings. The number of thioether (sulfide) groups is 1. The van der Waals surface area contributed by atoms with Crippen LogP contribution in [0.1, 0.15) is 5.56 Å². The maximum atomic E-state index is 12.6. The number of hydrogen-bond acceptors (Lipinski definition) is 5. The van der Waals surface area contributed by atoms with E-state index in [0.29, 0.717) is 18.0 Å². The lowest BCUT2D eigenvalue weighted by Crippen LogP contribution is -2.29. The predicted octanol–water partition coefficient (Wildman–Crippen LogP) is 5.39. The molecule has 30 heavy (non-hydrogen) atoms. The zero-order valence-corrected chi connectivity index (χ0v) is 18.1. The minimum atomic E-state index is -0.105. The van der Waals surface area contributed by atoms with Crippen LogP contribution in [0.4, 0.5) is 5.69 Å². The summed E-state index contributed by atoms with van der Waals surface area (Å²) in [5, 5.41) is 4.95. The smallest absolute Gasteiger partial charge is 0.238 e. The minimum Gasteiger partial charge on any atom is -0.495 e. The van der Waals surface area contributed by atoms with Gasteiger partial charge in [0.05, 0.1) is 19.3 Å². The van der Waals surface area contributed by atoms with Crippen molar-refractivity contribution in [3.8, 4) is 5.75 Å². The molecular weight excluding hydrogens is 396 g/mol. The molecule has 0 spiro atoms. The van der Waals surface area contributed by atoms with Crippen molar-refractivity contribution in [2.75, 3.05) is 32.3 Å². The van der Waals surface area contributed by atoms with Gasteiger partial charge in [-0.15, -0.1) is 11.8 Å². The molecule has 0 bridgehead atoms. The Hall–Kier alpha value is -2.96. The molecule has 1 aromatic heterocycles. The van der Waals surface area contributed by atoms with Crippen LogP contribution in [-0.2, 0) is 11.3 Å². The molecule has 0 unspecified atom stereocenters. The number of ether oxygens (including phenoxy) is 1. The summed E-state index contributed by atoms with van der Waals surface area (Å²) in [6, 6.07) is 20.0. The largest absolute Gasteiger partial charge is 0.495 e. The van der Waals surface area contributed by atoms with Crippen LogP contribution in [0.5, 0.6) is 5.75 Å². The summed E-state index contributed by atoms with van der Waals surface area (Å²) in [5.74, 6) is 0.504. The summed E-state index contributed by atoms with van der Waals surface area (Å²) >= 11 is 1.72. The van der Waals surface area contributed by atoms with E-state index in [0.717, 1.165) is 21.9 Å². The van der Waals surface area contributed by atoms with Crippen molar-refractivity contribution in [3.05, 3.63) is 66.2 Å². The molecule has 0 aliphatic heterocycles. The molecule has 3 aromatic carbocycles. The lowest BCUT2D eigenvalue weighted by Gasteiger charge is -2.17. The summed E-state index contributed by atoms with van der Waals surface area (Å²) in [5.41, 5.74) is 3.30. The number of para-hydroxylation sites is 1. The normalized spacial score (nSPS) is 11.3. The van der Waals surface area contributed by atoms with E-state index >= 15 is 0 Å². The Morgan fingerprint density at radius 3 is 2.57 bits per heavy atom. The van der Waals surface area contributed by atoms with E-state index in [1.807, 2.05) is 48.3 Å². The molecule has 5 nitrogen and oxygen atoms in total. The molecule has 0 radical (unpaired) electrons. The van der Waals surface area contributed by atoms with Crippen molar-refractivity contribution in [1.82, 2.24) is 4.90 Å². The SMILES string of the molecule is COc1cc2c(cc1NC(=O)CN(C)Cc1ccc(SC)cc1)oc1ccccc12. The van der Waals surface area contributed by atoms with Gasteiger partial charge in [0.15, 0.2) is 0 Å². The molecule has 1 N–H and O–H groups in total. The summed E-state index contributed by atoms with van der Waals surface area (Å²) in [4.78, 5) is 15.9. The van der Waals surface area contributed by atoms with Crippen LogP contribution in [0.25, 0.3) is 21.9 Å². The number of anilines is 1. The Morgan fingerprint density at radius 2 is 1.83 bits per heavy atom. The van der Waals surface area contributed by atoms with Gasteiger partial charge in [0.25, 0.3) is 0 Å².